The van der Waals surface area contributed by atoms with Gasteiger partial charge in [-0.05, 0) is 73.9 Å². The van der Waals surface area contributed by atoms with Crippen molar-refractivity contribution in [2.75, 3.05) is 0 Å². The molecule has 0 fully saturated rings. The summed E-state index contributed by atoms with van der Waals surface area (Å²) in [6, 6.07) is 27.0. The number of benzene rings is 4. The van der Waals surface area contributed by atoms with Crippen LogP contribution in [0, 0.1) is 20.8 Å². The van der Waals surface area contributed by atoms with Gasteiger partial charge >= 0.3 is 0 Å². The summed E-state index contributed by atoms with van der Waals surface area (Å²) in [5, 5.41) is 1.98. The summed E-state index contributed by atoms with van der Waals surface area (Å²) in [4.78, 5) is 5.10. The van der Waals surface area contributed by atoms with Gasteiger partial charge in [0.25, 0.3) is 0 Å². The van der Waals surface area contributed by atoms with Crippen LogP contribution in [0.2, 0.25) is 0 Å². The van der Waals surface area contributed by atoms with Gasteiger partial charge in [0.15, 0.2) is 11.2 Å². The van der Waals surface area contributed by atoms with Gasteiger partial charge in [0, 0.05) is 5.56 Å². The number of hydrogen-bond donors (Lipinski definition) is 0. The third-order valence-corrected chi connectivity index (χ3v) is 6.80. The molecule has 0 aliphatic carbocycles. The van der Waals surface area contributed by atoms with Gasteiger partial charge in [0.05, 0.1) is 27.5 Å². The lowest BCUT2D eigenvalue weighted by Gasteiger charge is -2.16. The molecule has 3 heterocycles. The maximum Gasteiger partial charge on any atom is 0.181 e. The highest BCUT2D eigenvalue weighted by molar-refractivity contribution is 6.13. The molecular weight excluding hydrogens is 420 g/mol. The van der Waals surface area contributed by atoms with Crippen molar-refractivity contribution in [1.82, 2.24) is 9.55 Å². The monoisotopic (exact) mass is 442 g/mol. The van der Waals surface area contributed by atoms with Gasteiger partial charge in [-0.25, -0.2) is 4.98 Å². The number of nitrogens with zero attached hydrogens (tertiary/aromatic N) is 2. The second-order valence-electron chi connectivity index (χ2n) is 9.02. The minimum absolute atomic E-state index is 0.797. The van der Waals surface area contributed by atoms with Gasteiger partial charge in [0.2, 0.25) is 0 Å². The lowest BCUT2D eigenvalue weighted by atomic mass is 10.0. The Hall–Kier alpha value is -4.31. The van der Waals surface area contributed by atoms with Crippen LogP contribution in [0.5, 0.6) is 0 Å². The van der Waals surface area contributed by atoms with E-state index in [1.807, 2.05) is 30.3 Å². The van der Waals surface area contributed by atoms with Crippen molar-refractivity contribution in [3.63, 3.8) is 0 Å². The number of rotatable bonds is 2. The lowest BCUT2D eigenvalue weighted by molar-refractivity contribution is 0.653. The zero-order valence-electron chi connectivity index (χ0n) is 19.2. The first-order chi connectivity index (χ1) is 16.6. The molecular formula is C30H22N2O2. The van der Waals surface area contributed by atoms with Gasteiger partial charge in [-0.2, -0.15) is 0 Å². The normalized spacial score (nSPS) is 12.0. The Bertz CT molecular complexity index is 1880. The summed E-state index contributed by atoms with van der Waals surface area (Å²) in [6.45, 7) is 6.44. The number of furan rings is 2. The fourth-order valence-electron chi connectivity index (χ4n) is 5.19. The minimum atomic E-state index is 0.797. The number of hydrogen-bond acceptors (Lipinski definition) is 3. The Morgan fingerprint density at radius 3 is 2.21 bits per heavy atom. The molecule has 0 radical (unpaired) electrons. The Morgan fingerprint density at radius 2 is 1.35 bits per heavy atom. The maximum absolute atomic E-state index is 6.36. The van der Waals surface area contributed by atoms with E-state index < -0.39 is 0 Å². The Balaban J connectivity index is 1.56. The summed E-state index contributed by atoms with van der Waals surface area (Å²) >= 11 is 0. The highest BCUT2D eigenvalue weighted by Crippen LogP contribution is 2.40. The number of para-hydroxylation sites is 4. The van der Waals surface area contributed by atoms with E-state index in [2.05, 4.69) is 73.9 Å². The topological polar surface area (TPSA) is 44.1 Å². The van der Waals surface area contributed by atoms with Crippen LogP contribution < -0.4 is 0 Å². The van der Waals surface area contributed by atoms with Crippen LogP contribution in [0.1, 0.15) is 16.7 Å². The van der Waals surface area contributed by atoms with Crippen LogP contribution in [0.3, 0.4) is 0 Å². The zero-order valence-corrected chi connectivity index (χ0v) is 19.2. The first-order valence-corrected chi connectivity index (χ1v) is 11.5. The third-order valence-electron chi connectivity index (χ3n) is 6.80. The molecule has 0 aliphatic heterocycles. The molecule has 0 saturated carbocycles. The molecule has 0 amide bonds. The quantitative estimate of drug-likeness (QED) is 0.271. The molecule has 4 nitrogen and oxygen atoms in total. The standard InChI is InChI=1S/C30H22N2O2/c1-17-9-8-10-18(2)27(17)32-24-13-6-5-12-23(24)31-30(32)21-16-26-22(15-19(21)3)29-28(34-26)20-11-4-7-14-25(20)33-29/h4-16H,1-3H3. The largest absolute Gasteiger partial charge is 0.452 e. The molecule has 3 aromatic heterocycles. The average molecular weight is 443 g/mol. The van der Waals surface area contributed by atoms with Crippen molar-refractivity contribution < 1.29 is 8.83 Å². The fourth-order valence-corrected chi connectivity index (χ4v) is 5.19. The smallest absolute Gasteiger partial charge is 0.181 e. The SMILES string of the molecule is Cc1cc2c(cc1-c1nc3ccccc3n1-c1c(C)cccc1C)oc1c3ccccc3oc21. The minimum Gasteiger partial charge on any atom is -0.452 e. The van der Waals surface area contributed by atoms with Gasteiger partial charge < -0.3 is 8.83 Å². The number of aryl methyl sites for hydroxylation is 3. The average Bonchev–Trinajstić information content (AvgIpc) is 3.49. The van der Waals surface area contributed by atoms with E-state index in [1.165, 1.54) is 16.8 Å². The predicted molar refractivity (Wildman–Crippen MR) is 138 cm³/mol. The van der Waals surface area contributed by atoms with E-state index in [0.717, 1.165) is 61.1 Å². The van der Waals surface area contributed by atoms with Crippen LogP contribution in [0.25, 0.3) is 61.2 Å². The fraction of sp³-hybridized carbons (Fsp3) is 0.100. The molecule has 4 aromatic carbocycles. The van der Waals surface area contributed by atoms with Crippen molar-refractivity contribution in [3.05, 3.63) is 95.6 Å². The number of fused-ring (bicyclic) bond motifs is 6. The van der Waals surface area contributed by atoms with Gasteiger partial charge in [-0.3, -0.25) is 4.57 Å². The summed E-state index contributed by atoms with van der Waals surface area (Å²) in [7, 11) is 0. The molecule has 0 unspecified atom stereocenters. The number of aromatic nitrogens is 2. The second-order valence-corrected chi connectivity index (χ2v) is 9.02. The molecule has 0 atom stereocenters. The summed E-state index contributed by atoms with van der Waals surface area (Å²) in [5.41, 5.74) is 11.1. The van der Waals surface area contributed by atoms with Crippen molar-refractivity contribution in [2.24, 2.45) is 0 Å². The third kappa shape index (κ3) is 2.57. The summed E-state index contributed by atoms with van der Waals surface area (Å²) < 4.78 is 14.8. The Morgan fingerprint density at radius 1 is 0.647 bits per heavy atom. The first kappa shape index (κ1) is 19.2. The maximum atomic E-state index is 6.36. The van der Waals surface area contributed by atoms with E-state index in [1.54, 1.807) is 0 Å². The molecule has 0 aliphatic rings. The van der Waals surface area contributed by atoms with Crippen molar-refractivity contribution in [3.8, 4) is 17.1 Å². The molecule has 7 aromatic rings. The second kappa shape index (κ2) is 6.84. The van der Waals surface area contributed by atoms with Crippen molar-refractivity contribution in [2.45, 2.75) is 20.8 Å². The highest BCUT2D eigenvalue weighted by atomic mass is 16.4. The first-order valence-electron chi connectivity index (χ1n) is 11.5. The van der Waals surface area contributed by atoms with E-state index in [4.69, 9.17) is 13.8 Å². The van der Waals surface area contributed by atoms with Crippen LogP contribution in [0.4, 0.5) is 0 Å². The molecule has 164 valence electrons. The zero-order chi connectivity index (χ0) is 23.0. The van der Waals surface area contributed by atoms with E-state index in [9.17, 15) is 0 Å². The van der Waals surface area contributed by atoms with E-state index >= 15 is 0 Å². The van der Waals surface area contributed by atoms with Gasteiger partial charge in [-0.15, -0.1) is 0 Å². The van der Waals surface area contributed by atoms with Crippen LogP contribution in [0.15, 0.2) is 87.7 Å². The van der Waals surface area contributed by atoms with Gasteiger partial charge in [-0.1, -0.05) is 42.5 Å². The molecule has 4 heteroatoms. The van der Waals surface area contributed by atoms with Crippen LogP contribution in [-0.2, 0) is 0 Å². The summed E-state index contributed by atoms with van der Waals surface area (Å²) in [6.07, 6.45) is 0. The van der Waals surface area contributed by atoms with Crippen molar-refractivity contribution >= 4 is 44.1 Å². The molecule has 0 spiro atoms. The van der Waals surface area contributed by atoms with E-state index in [0.29, 0.717) is 0 Å². The summed E-state index contributed by atoms with van der Waals surface area (Å²) in [5.74, 6) is 0.913. The predicted octanol–water partition coefficient (Wildman–Crippen LogP) is 8.26. The molecule has 0 saturated heterocycles. The van der Waals surface area contributed by atoms with Crippen molar-refractivity contribution in [1.29, 1.82) is 0 Å². The van der Waals surface area contributed by atoms with Crippen LogP contribution in [-0.4, -0.2) is 9.55 Å². The molecule has 7 rings (SSSR count). The Kier molecular flexibility index (Phi) is 3.86. The Labute approximate surface area is 196 Å². The van der Waals surface area contributed by atoms with E-state index in [-0.39, 0.29) is 0 Å². The highest BCUT2D eigenvalue weighted by Gasteiger charge is 2.22. The number of imidazole rings is 1. The lowest BCUT2D eigenvalue weighted by Crippen LogP contribution is -2.03. The van der Waals surface area contributed by atoms with Crippen LogP contribution >= 0.6 is 0 Å². The molecule has 0 bridgehead atoms. The molecule has 34 heavy (non-hydrogen) atoms. The molecule has 0 N–H and O–H groups in total. The van der Waals surface area contributed by atoms with Gasteiger partial charge in [0.1, 0.15) is 17.0 Å².